The Morgan fingerprint density at radius 3 is 2.78 bits per heavy atom. The monoisotopic (exact) mass is 364 g/mol. The van der Waals surface area contributed by atoms with E-state index >= 15 is 0 Å². The highest BCUT2D eigenvalue weighted by atomic mass is 35.5. The van der Waals surface area contributed by atoms with Crippen molar-refractivity contribution in [3.8, 4) is 5.75 Å². The molecule has 0 unspecified atom stereocenters. The molecule has 0 amide bonds. The normalized spacial score (nSPS) is 19.5. The predicted molar refractivity (Wildman–Crippen MR) is 84.9 cm³/mol. The lowest BCUT2D eigenvalue weighted by Gasteiger charge is -2.34. The summed E-state index contributed by atoms with van der Waals surface area (Å²) < 4.78 is 45.6. The number of thiocarbonyl (C=S) groups is 1. The molecule has 1 radical (unpaired) electrons. The number of hydrogen-bond donors (Lipinski definition) is 1. The van der Waals surface area contributed by atoms with Crippen molar-refractivity contribution >= 4 is 29.7 Å². The van der Waals surface area contributed by atoms with Crippen molar-refractivity contribution < 1.29 is 17.9 Å². The van der Waals surface area contributed by atoms with Gasteiger partial charge in [-0.1, -0.05) is 0 Å². The van der Waals surface area contributed by atoms with Crippen LogP contribution in [0, 0.1) is 17.5 Å². The molecular weight excluding hydrogens is 351 g/mol. The molecule has 2 aliphatic rings. The van der Waals surface area contributed by atoms with Crippen LogP contribution in [0.15, 0.2) is 18.0 Å². The lowest BCUT2D eigenvalue weighted by atomic mass is 10.0. The zero-order valence-electron chi connectivity index (χ0n) is 11.9. The fourth-order valence-corrected chi connectivity index (χ4v) is 3.01. The van der Waals surface area contributed by atoms with E-state index in [2.05, 4.69) is 5.32 Å². The standard InChI is InChI=1S/C14H13F3N3OS.ClH/c15-10-4-7-3-9(6-21-13(7)12(17)11(10)16)20-8(1-2-18)5-19-14(20)22;/h4-5,9H,1-3,6,18H2;1H/t9-;/m1./s1. The topological polar surface area (TPSA) is 52.6 Å². The Bertz CT molecular complexity index is 671. The maximum absolute atomic E-state index is 13.7. The maximum Gasteiger partial charge on any atom is 0.203 e. The van der Waals surface area contributed by atoms with Gasteiger partial charge in [0.15, 0.2) is 22.5 Å². The third-order valence-electron chi connectivity index (χ3n) is 3.68. The molecule has 0 saturated carbocycles. The highest BCUT2D eigenvalue weighted by Gasteiger charge is 2.34. The summed E-state index contributed by atoms with van der Waals surface area (Å²) in [4.78, 5) is 1.78. The third kappa shape index (κ3) is 3.11. The van der Waals surface area contributed by atoms with Gasteiger partial charge in [-0.2, -0.15) is 4.39 Å². The van der Waals surface area contributed by atoms with E-state index in [1.807, 2.05) is 0 Å². The van der Waals surface area contributed by atoms with Crippen molar-refractivity contribution in [3.05, 3.63) is 41.0 Å². The first kappa shape index (κ1) is 17.8. The van der Waals surface area contributed by atoms with Gasteiger partial charge in [-0.25, -0.2) is 14.1 Å². The van der Waals surface area contributed by atoms with Crippen molar-refractivity contribution in [2.75, 3.05) is 13.2 Å². The fourth-order valence-electron chi connectivity index (χ4n) is 2.69. The summed E-state index contributed by atoms with van der Waals surface area (Å²) in [5.74, 6) is -4.28. The molecule has 0 fully saturated rings. The molecule has 2 heterocycles. The Morgan fingerprint density at radius 1 is 1.35 bits per heavy atom. The fraction of sp³-hybridized carbons (Fsp3) is 0.357. The summed E-state index contributed by atoms with van der Waals surface area (Å²) in [5, 5.41) is 4.44. The second kappa shape index (κ2) is 6.94. The lowest BCUT2D eigenvalue weighted by molar-refractivity contribution is 0.185. The van der Waals surface area contributed by atoms with Crippen LogP contribution in [-0.2, 0) is 6.42 Å². The van der Waals surface area contributed by atoms with Gasteiger partial charge in [0.25, 0.3) is 0 Å². The van der Waals surface area contributed by atoms with E-state index in [4.69, 9.17) is 22.7 Å². The minimum absolute atomic E-state index is 0. The summed E-state index contributed by atoms with van der Waals surface area (Å²) in [6, 6.07) is 0.705. The summed E-state index contributed by atoms with van der Waals surface area (Å²) in [6.45, 7) is 0.533. The first-order chi connectivity index (χ1) is 10.5. The zero-order chi connectivity index (χ0) is 15.9. The zero-order valence-corrected chi connectivity index (χ0v) is 13.5. The van der Waals surface area contributed by atoms with Crippen LogP contribution in [0.3, 0.4) is 0 Å². The predicted octanol–water partition coefficient (Wildman–Crippen LogP) is 2.22. The number of hydrogen-bond acceptors (Lipinski definition) is 3. The molecule has 2 N–H and O–H groups in total. The van der Waals surface area contributed by atoms with E-state index in [-0.39, 0.29) is 42.8 Å². The summed E-state index contributed by atoms with van der Waals surface area (Å²) in [6.07, 6.45) is 2.50. The van der Waals surface area contributed by atoms with Gasteiger partial charge in [0.1, 0.15) is 6.61 Å². The van der Waals surface area contributed by atoms with Crippen molar-refractivity contribution in [1.82, 2.24) is 10.2 Å². The number of benzene rings is 1. The smallest absolute Gasteiger partial charge is 0.203 e. The molecule has 2 aliphatic heterocycles. The maximum atomic E-state index is 13.7. The molecule has 1 aromatic carbocycles. The van der Waals surface area contributed by atoms with E-state index in [0.717, 1.165) is 11.8 Å². The minimum Gasteiger partial charge on any atom is -0.488 e. The molecule has 4 nitrogen and oxygen atoms in total. The van der Waals surface area contributed by atoms with Crippen LogP contribution in [-0.4, -0.2) is 29.2 Å². The average Bonchev–Trinajstić information content (AvgIpc) is 2.86. The molecule has 1 aromatic rings. The van der Waals surface area contributed by atoms with Gasteiger partial charge in [-0.15, -0.1) is 12.4 Å². The number of nitrogens with zero attached hydrogens (tertiary/aromatic N) is 2. The molecule has 0 bridgehead atoms. The number of halogens is 4. The largest absolute Gasteiger partial charge is 0.488 e. The first-order valence-electron chi connectivity index (χ1n) is 6.75. The number of nitrogens with two attached hydrogens (primary N) is 1. The van der Waals surface area contributed by atoms with Crippen LogP contribution in [0.5, 0.6) is 5.75 Å². The molecule has 0 aromatic heterocycles. The SMILES string of the molecule is Cl.NCCC1=C[N]C(=S)N1[C@H]1COc2c(cc(F)c(F)c2F)C1. The Morgan fingerprint density at radius 2 is 2.09 bits per heavy atom. The van der Waals surface area contributed by atoms with Crippen LogP contribution in [0.1, 0.15) is 12.0 Å². The van der Waals surface area contributed by atoms with Gasteiger partial charge >= 0.3 is 0 Å². The summed E-state index contributed by atoms with van der Waals surface area (Å²) in [7, 11) is 0. The Hall–Kier alpha value is -1.51. The Labute approximate surface area is 142 Å². The van der Waals surface area contributed by atoms with Crippen LogP contribution in [0.2, 0.25) is 0 Å². The van der Waals surface area contributed by atoms with E-state index in [1.165, 1.54) is 0 Å². The van der Waals surface area contributed by atoms with Crippen LogP contribution >= 0.6 is 24.6 Å². The molecule has 9 heteroatoms. The molecular formula is C14H14ClF3N3OS. The molecule has 0 spiro atoms. The number of rotatable bonds is 3. The van der Waals surface area contributed by atoms with Gasteiger partial charge in [0.2, 0.25) is 5.82 Å². The summed E-state index contributed by atoms with van der Waals surface area (Å²) >= 11 is 5.19. The second-order valence-corrected chi connectivity index (χ2v) is 5.45. The van der Waals surface area contributed by atoms with Gasteiger partial charge in [0, 0.05) is 30.3 Å². The highest BCUT2D eigenvalue weighted by Crippen LogP contribution is 2.34. The van der Waals surface area contributed by atoms with Crippen molar-refractivity contribution in [2.45, 2.75) is 18.9 Å². The van der Waals surface area contributed by atoms with E-state index in [1.54, 1.807) is 11.1 Å². The van der Waals surface area contributed by atoms with Gasteiger partial charge in [0.05, 0.1) is 6.04 Å². The van der Waals surface area contributed by atoms with Gasteiger partial charge in [-0.3, -0.25) is 0 Å². The Balaban J connectivity index is 0.00000192. The molecule has 1 atom stereocenters. The number of ether oxygens (including phenoxy) is 1. The van der Waals surface area contributed by atoms with Crippen LogP contribution < -0.4 is 15.8 Å². The van der Waals surface area contributed by atoms with Crippen molar-refractivity contribution in [3.63, 3.8) is 0 Å². The average molecular weight is 365 g/mol. The molecule has 23 heavy (non-hydrogen) atoms. The van der Waals surface area contributed by atoms with Crippen molar-refractivity contribution in [2.24, 2.45) is 5.73 Å². The van der Waals surface area contributed by atoms with Crippen molar-refractivity contribution in [1.29, 1.82) is 0 Å². The van der Waals surface area contributed by atoms with E-state index < -0.39 is 17.5 Å². The van der Waals surface area contributed by atoms with Crippen LogP contribution in [0.4, 0.5) is 13.2 Å². The van der Waals surface area contributed by atoms with E-state index in [9.17, 15) is 13.2 Å². The second-order valence-electron chi connectivity index (χ2n) is 5.08. The first-order valence-corrected chi connectivity index (χ1v) is 7.16. The van der Waals surface area contributed by atoms with Crippen LogP contribution in [0.25, 0.3) is 0 Å². The molecule has 0 aliphatic carbocycles. The van der Waals surface area contributed by atoms with Gasteiger partial charge < -0.3 is 15.4 Å². The van der Waals surface area contributed by atoms with E-state index in [0.29, 0.717) is 18.1 Å². The molecule has 3 rings (SSSR count). The van der Waals surface area contributed by atoms with Gasteiger partial charge in [-0.05, 0) is 24.8 Å². The lowest BCUT2D eigenvalue weighted by Crippen LogP contribution is -2.45. The third-order valence-corrected chi connectivity index (χ3v) is 3.98. The summed E-state index contributed by atoms with van der Waals surface area (Å²) in [5.41, 5.74) is 6.67. The number of fused-ring (bicyclic) bond motifs is 1. The minimum atomic E-state index is -1.52. The Kier molecular flexibility index (Phi) is 5.38. The molecule has 0 saturated heterocycles. The molecule has 125 valence electrons. The quantitative estimate of drug-likeness (QED) is 0.660. The highest BCUT2D eigenvalue weighted by molar-refractivity contribution is 7.80.